The maximum atomic E-state index is 11.8. The third-order valence-electron chi connectivity index (χ3n) is 2.46. The standard InChI is InChI=1S/C12H14N4O3S/c1-18-19-20-12-13-15-16(14-12)9-11(17)8-7-10-5-3-2-4-6-10/h2-6H,7-9H2,1H3. The van der Waals surface area contributed by atoms with Gasteiger partial charge >= 0.3 is 0 Å². The van der Waals surface area contributed by atoms with Gasteiger partial charge in [-0.3, -0.25) is 4.79 Å². The van der Waals surface area contributed by atoms with Gasteiger partial charge in [0.15, 0.2) is 5.78 Å². The van der Waals surface area contributed by atoms with Crippen LogP contribution in [0.3, 0.4) is 0 Å². The lowest BCUT2D eigenvalue weighted by Gasteiger charge is -2.00. The van der Waals surface area contributed by atoms with Crippen molar-refractivity contribution in [1.82, 2.24) is 20.2 Å². The van der Waals surface area contributed by atoms with E-state index in [0.717, 1.165) is 17.6 Å². The molecular formula is C12H14N4O3S. The van der Waals surface area contributed by atoms with E-state index in [0.29, 0.717) is 18.0 Å². The Morgan fingerprint density at radius 2 is 2.15 bits per heavy atom. The summed E-state index contributed by atoms with van der Waals surface area (Å²) in [7, 11) is 1.38. The molecule has 0 saturated carbocycles. The Hall–Kier alpha value is -1.77. The number of carbonyl (C=O) groups excluding carboxylic acids is 1. The number of hydrogen-bond donors (Lipinski definition) is 0. The monoisotopic (exact) mass is 294 g/mol. The smallest absolute Gasteiger partial charge is 0.260 e. The maximum Gasteiger partial charge on any atom is 0.260 e. The van der Waals surface area contributed by atoms with Crippen molar-refractivity contribution >= 4 is 17.8 Å². The molecule has 1 aromatic heterocycles. The summed E-state index contributed by atoms with van der Waals surface area (Å²) in [6.07, 6.45) is 1.16. The summed E-state index contributed by atoms with van der Waals surface area (Å²) in [5.74, 6) is 0.0514. The predicted octanol–water partition coefficient (Wildman–Crippen LogP) is 1.46. The van der Waals surface area contributed by atoms with E-state index in [4.69, 9.17) is 0 Å². The van der Waals surface area contributed by atoms with E-state index < -0.39 is 0 Å². The highest BCUT2D eigenvalue weighted by molar-refractivity contribution is 7.94. The molecule has 106 valence electrons. The highest BCUT2D eigenvalue weighted by atomic mass is 32.2. The van der Waals surface area contributed by atoms with Crippen LogP contribution in [0.15, 0.2) is 35.5 Å². The molecule has 0 aliphatic rings. The molecule has 0 fully saturated rings. The zero-order valence-electron chi connectivity index (χ0n) is 10.9. The van der Waals surface area contributed by atoms with Crippen LogP contribution in [0.2, 0.25) is 0 Å². The number of Topliss-reactive ketones (excluding diaryl/α,β-unsaturated/α-hetero) is 1. The van der Waals surface area contributed by atoms with Gasteiger partial charge in [0.1, 0.15) is 18.6 Å². The second kappa shape index (κ2) is 7.73. The van der Waals surface area contributed by atoms with Gasteiger partial charge in [0.25, 0.3) is 5.16 Å². The molecule has 0 aliphatic carbocycles. The highest BCUT2D eigenvalue weighted by Crippen LogP contribution is 2.11. The summed E-state index contributed by atoms with van der Waals surface area (Å²) in [6, 6.07) is 9.86. The summed E-state index contributed by atoms with van der Waals surface area (Å²) in [5, 5.41) is 11.7. The molecule has 2 aromatic rings. The van der Waals surface area contributed by atoms with Gasteiger partial charge in [-0.1, -0.05) is 35.4 Å². The fourth-order valence-electron chi connectivity index (χ4n) is 1.56. The Labute approximate surface area is 120 Å². The first kappa shape index (κ1) is 14.6. The fraction of sp³-hybridized carbons (Fsp3) is 0.333. The van der Waals surface area contributed by atoms with Gasteiger partial charge < -0.3 is 0 Å². The summed E-state index contributed by atoms with van der Waals surface area (Å²) in [4.78, 5) is 17.5. The van der Waals surface area contributed by atoms with E-state index in [-0.39, 0.29) is 12.3 Å². The number of nitrogens with zero attached hydrogens (tertiary/aromatic N) is 4. The van der Waals surface area contributed by atoms with Gasteiger partial charge in [0.05, 0.1) is 7.11 Å². The van der Waals surface area contributed by atoms with Gasteiger partial charge in [0, 0.05) is 6.42 Å². The summed E-state index contributed by atoms with van der Waals surface area (Å²) >= 11 is 0.839. The van der Waals surface area contributed by atoms with Crippen molar-refractivity contribution < 1.29 is 14.0 Å². The second-order valence-electron chi connectivity index (χ2n) is 3.94. The topological polar surface area (TPSA) is 79.1 Å². The molecule has 0 spiro atoms. The average Bonchev–Trinajstić information content (AvgIpc) is 2.91. The number of benzene rings is 1. The minimum atomic E-state index is 0.0514. The van der Waals surface area contributed by atoms with Crippen LogP contribution in [-0.2, 0) is 27.0 Å². The predicted molar refractivity (Wildman–Crippen MR) is 71.5 cm³/mol. The van der Waals surface area contributed by atoms with E-state index in [1.165, 1.54) is 11.9 Å². The minimum absolute atomic E-state index is 0.0514. The molecule has 0 amide bonds. The number of aryl methyl sites for hydroxylation is 1. The molecule has 7 nitrogen and oxygen atoms in total. The van der Waals surface area contributed by atoms with E-state index in [1.54, 1.807) is 0 Å². The molecule has 2 rings (SSSR count). The number of rotatable bonds is 8. The molecule has 1 aromatic carbocycles. The molecule has 0 atom stereocenters. The average molecular weight is 294 g/mol. The molecular weight excluding hydrogens is 280 g/mol. The van der Waals surface area contributed by atoms with Crippen molar-refractivity contribution in [2.24, 2.45) is 0 Å². The number of ketones is 1. The Bertz CT molecular complexity index is 547. The summed E-state index contributed by atoms with van der Waals surface area (Å²) in [6.45, 7) is 0.105. The third-order valence-corrected chi connectivity index (χ3v) is 2.98. The van der Waals surface area contributed by atoms with Crippen molar-refractivity contribution in [3.05, 3.63) is 35.9 Å². The summed E-state index contributed by atoms with van der Waals surface area (Å²) < 4.78 is 4.60. The quantitative estimate of drug-likeness (QED) is 0.414. The molecule has 1 heterocycles. The number of hydrogen-bond acceptors (Lipinski definition) is 7. The van der Waals surface area contributed by atoms with E-state index in [9.17, 15) is 4.79 Å². The SMILES string of the molecule is COOSc1nnn(CC(=O)CCc2ccccc2)n1. The molecule has 0 unspecified atom stereocenters. The van der Waals surface area contributed by atoms with Crippen molar-refractivity contribution in [2.75, 3.05) is 7.11 Å². The number of aromatic nitrogens is 4. The molecule has 0 saturated heterocycles. The van der Waals surface area contributed by atoms with Gasteiger partial charge in [-0.15, -0.1) is 5.10 Å². The lowest BCUT2D eigenvalue weighted by atomic mass is 10.1. The van der Waals surface area contributed by atoms with Crippen molar-refractivity contribution in [3.63, 3.8) is 0 Å². The van der Waals surface area contributed by atoms with Crippen LogP contribution in [0.25, 0.3) is 0 Å². The normalized spacial score (nSPS) is 10.7. The Kier molecular flexibility index (Phi) is 5.66. The number of tetrazole rings is 1. The van der Waals surface area contributed by atoms with E-state index in [1.807, 2.05) is 30.3 Å². The second-order valence-corrected chi connectivity index (χ2v) is 4.61. The zero-order valence-corrected chi connectivity index (χ0v) is 11.7. The summed E-state index contributed by atoms with van der Waals surface area (Å²) in [5.41, 5.74) is 1.14. The zero-order chi connectivity index (χ0) is 14.2. The van der Waals surface area contributed by atoms with Crippen LogP contribution in [0.1, 0.15) is 12.0 Å². The first-order valence-corrected chi connectivity index (χ1v) is 6.73. The van der Waals surface area contributed by atoms with Crippen molar-refractivity contribution in [2.45, 2.75) is 24.5 Å². The first-order chi connectivity index (χ1) is 9.78. The lowest BCUT2D eigenvalue weighted by molar-refractivity contribution is -0.160. The van der Waals surface area contributed by atoms with Gasteiger partial charge in [-0.25, -0.2) is 4.89 Å². The van der Waals surface area contributed by atoms with Gasteiger partial charge in [-0.2, -0.15) is 9.13 Å². The highest BCUT2D eigenvalue weighted by Gasteiger charge is 2.09. The van der Waals surface area contributed by atoms with Crippen LogP contribution in [0.5, 0.6) is 0 Å². The number of carbonyl (C=O) groups is 1. The Balaban J connectivity index is 1.78. The molecule has 20 heavy (non-hydrogen) atoms. The van der Waals surface area contributed by atoms with Gasteiger partial charge in [0.2, 0.25) is 0 Å². The molecule has 0 bridgehead atoms. The third kappa shape index (κ3) is 4.72. The van der Waals surface area contributed by atoms with Crippen LogP contribution < -0.4 is 0 Å². The molecule has 8 heteroatoms. The molecule has 0 N–H and O–H groups in total. The fourth-order valence-corrected chi connectivity index (χ4v) is 1.88. The molecule has 0 aliphatic heterocycles. The maximum absolute atomic E-state index is 11.8. The minimum Gasteiger partial charge on any atom is -0.298 e. The van der Waals surface area contributed by atoms with E-state index >= 15 is 0 Å². The van der Waals surface area contributed by atoms with E-state index in [2.05, 4.69) is 24.6 Å². The first-order valence-electron chi connectivity index (χ1n) is 5.98. The van der Waals surface area contributed by atoms with Crippen LogP contribution in [0.4, 0.5) is 0 Å². The van der Waals surface area contributed by atoms with Crippen LogP contribution in [-0.4, -0.2) is 33.1 Å². The Morgan fingerprint density at radius 3 is 2.90 bits per heavy atom. The van der Waals surface area contributed by atoms with Crippen LogP contribution >= 0.6 is 12.0 Å². The van der Waals surface area contributed by atoms with Gasteiger partial charge in [-0.05, 0) is 17.2 Å². The van der Waals surface area contributed by atoms with Crippen molar-refractivity contribution in [1.29, 1.82) is 0 Å². The van der Waals surface area contributed by atoms with Crippen LogP contribution in [0, 0.1) is 0 Å². The Morgan fingerprint density at radius 1 is 1.35 bits per heavy atom. The lowest BCUT2D eigenvalue weighted by Crippen LogP contribution is -2.13. The largest absolute Gasteiger partial charge is 0.298 e. The van der Waals surface area contributed by atoms with Crippen molar-refractivity contribution in [3.8, 4) is 0 Å². The molecule has 0 radical (unpaired) electrons.